The average molecular weight is 397 g/mol. The maximum atomic E-state index is 12.0. The van der Waals surface area contributed by atoms with Gasteiger partial charge >= 0.3 is 10.1 Å². The molecule has 0 heterocycles. The van der Waals surface area contributed by atoms with Gasteiger partial charge in [0.05, 0.1) is 11.5 Å². The highest BCUT2D eigenvalue weighted by atomic mass is 32.2. The average Bonchev–Trinajstić information content (AvgIpc) is 2.54. The molecule has 0 fully saturated rings. The van der Waals surface area contributed by atoms with E-state index in [0.29, 0.717) is 0 Å². The summed E-state index contributed by atoms with van der Waals surface area (Å²) in [6.07, 6.45) is 1.09. The predicted octanol–water partition coefficient (Wildman–Crippen LogP) is 3.16. The van der Waals surface area contributed by atoms with Crippen LogP contribution in [0.1, 0.15) is 31.4 Å². The van der Waals surface area contributed by atoms with Gasteiger partial charge in [-0.2, -0.15) is 8.42 Å². The van der Waals surface area contributed by atoms with Gasteiger partial charge in [0.1, 0.15) is 15.6 Å². The van der Waals surface area contributed by atoms with Crippen LogP contribution in [0.4, 0.5) is 0 Å². The third-order valence-corrected chi connectivity index (χ3v) is 6.47. The lowest BCUT2D eigenvalue weighted by Crippen LogP contribution is -2.19. The summed E-state index contributed by atoms with van der Waals surface area (Å²) in [4.78, 5) is 0. The van der Waals surface area contributed by atoms with Crippen LogP contribution in [0.5, 0.6) is 5.75 Å². The van der Waals surface area contributed by atoms with Crippen LogP contribution in [0.3, 0.4) is 0 Å². The Morgan fingerprint density at radius 1 is 0.808 bits per heavy atom. The molecular weight excluding hydrogens is 372 g/mol. The molecule has 0 atom stereocenters. The lowest BCUT2D eigenvalue weighted by Gasteiger charge is -2.26. The van der Waals surface area contributed by atoms with Crippen LogP contribution in [0.2, 0.25) is 0 Å². The lowest BCUT2D eigenvalue weighted by atomic mass is 9.78. The fourth-order valence-electron chi connectivity index (χ4n) is 2.63. The Bertz CT molecular complexity index is 929. The second-order valence-corrected chi connectivity index (χ2v) is 10.8. The van der Waals surface area contributed by atoms with E-state index in [2.05, 4.69) is 26.0 Å². The Labute approximate surface area is 156 Å². The SMILES string of the molecule is CC(C)(c1ccccc1)c1ccc(OS(=O)(=O)CCCS(C)(=O)=O)cc1. The second kappa shape index (κ2) is 7.80. The van der Waals surface area contributed by atoms with Gasteiger partial charge < -0.3 is 4.18 Å². The molecule has 7 heteroatoms. The van der Waals surface area contributed by atoms with E-state index in [1.165, 1.54) is 0 Å². The van der Waals surface area contributed by atoms with E-state index in [-0.39, 0.29) is 29.1 Å². The van der Waals surface area contributed by atoms with E-state index in [1.54, 1.807) is 12.1 Å². The molecule has 0 radical (unpaired) electrons. The summed E-state index contributed by atoms with van der Waals surface area (Å²) in [5.41, 5.74) is 1.96. The third-order valence-electron chi connectivity index (χ3n) is 4.20. The first kappa shape index (κ1) is 20.5. The lowest BCUT2D eigenvalue weighted by molar-refractivity contribution is 0.484. The van der Waals surface area contributed by atoms with E-state index in [0.717, 1.165) is 17.4 Å². The van der Waals surface area contributed by atoms with Gasteiger partial charge in [-0.3, -0.25) is 0 Å². The standard InChI is InChI=1S/C19H24O5S2/c1-19(2,16-8-5-4-6-9-16)17-10-12-18(13-11-17)24-26(22,23)15-7-14-25(3,20)21/h4-6,8-13H,7,14-15H2,1-3H3. The minimum atomic E-state index is -3.82. The summed E-state index contributed by atoms with van der Waals surface area (Å²) < 4.78 is 51.2. The monoisotopic (exact) mass is 396 g/mol. The molecule has 0 amide bonds. The molecule has 0 N–H and O–H groups in total. The van der Waals surface area contributed by atoms with E-state index >= 15 is 0 Å². The van der Waals surface area contributed by atoms with Crippen LogP contribution in [0, 0.1) is 0 Å². The second-order valence-electron chi connectivity index (χ2n) is 6.84. The van der Waals surface area contributed by atoms with Crippen molar-refractivity contribution in [2.24, 2.45) is 0 Å². The van der Waals surface area contributed by atoms with Crippen LogP contribution in [-0.2, 0) is 25.4 Å². The Morgan fingerprint density at radius 3 is 1.88 bits per heavy atom. The van der Waals surface area contributed by atoms with Gasteiger partial charge in [0.15, 0.2) is 0 Å². The van der Waals surface area contributed by atoms with Crippen molar-refractivity contribution in [1.82, 2.24) is 0 Å². The van der Waals surface area contributed by atoms with Crippen LogP contribution in [0.25, 0.3) is 0 Å². The Kier molecular flexibility index (Phi) is 6.13. The number of hydrogen-bond donors (Lipinski definition) is 0. The minimum Gasteiger partial charge on any atom is -0.382 e. The summed E-state index contributed by atoms with van der Waals surface area (Å²) in [5, 5.41) is 0. The van der Waals surface area contributed by atoms with Crippen molar-refractivity contribution in [3.63, 3.8) is 0 Å². The van der Waals surface area contributed by atoms with Crippen molar-refractivity contribution in [2.75, 3.05) is 17.8 Å². The molecule has 5 nitrogen and oxygen atoms in total. The molecule has 0 aliphatic rings. The number of hydrogen-bond acceptors (Lipinski definition) is 5. The first-order valence-electron chi connectivity index (χ1n) is 8.26. The summed E-state index contributed by atoms with van der Waals surface area (Å²) in [6, 6.07) is 17.0. The summed E-state index contributed by atoms with van der Waals surface area (Å²) in [6.45, 7) is 4.19. The van der Waals surface area contributed by atoms with Crippen LogP contribution in [0.15, 0.2) is 54.6 Å². The molecule has 0 spiro atoms. The summed E-state index contributed by atoms with van der Waals surface area (Å²) >= 11 is 0. The van der Waals surface area contributed by atoms with E-state index in [4.69, 9.17) is 4.18 Å². The maximum absolute atomic E-state index is 12.0. The number of rotatable bonds is 8. The highest BCUT2D eigenvalue weighted by Gasteiger charge is 2.23. The van der Waals surface area contributed by atoms with Gasteiger partial charge in [-0.05, 0) is 29.7 Å². The van der Waals surface area contributed by atoms with Crippen molar-refractivity contribution in [2.45, 2.75) is 25.7 Å². The third kappa shape index (κ3) is 5.85. The van der Waals surface area contributed by atoms with Crippen molar-refractivity contribution >= 4 is 20.0 Å². The van der Waals surface area contributed by atoms with Crippen LogP contribution in [-0.4, -0.2) is 34.6 Å². The van der Waals surface area contributed by atoms with Crippen molar-refractivity contribution < 1.29 is 21.0 Å². The summed E-state index contributed by atoms with van der Waals surface area (Å²) in [7, 11) is -7.01. The van der Waals surface area contributed by atoms with Gasteiger partial charge in [0.2, 0.25) is 0 Å². The topological polar surface area (TPSA) is 77.5 Å². The number of sulfone groups is 1. The molecular formula is C19H24O5S2. The van der Waals surface area contributed by atoms with E-state index < -0.39 is 20.0 Å². The Balaban J connectivity index is 2.07. The minimum absolute atomic E-state index is 0.0142. The molecule has 142 valence electrons. The highest BCUT2D eigenvalue weighted by molar-refractivity contribution is 7.90. The van der Waals surface area contributed by atoms with Gasteiger partial charge in [0.25, 0.3) is 0 Å². The smallest absolute Gasteiger partial charge is 0.309 e. The summed E-state index contributed by atoms with van der Waals surface area (Å²) in [5.74, 6) is -0.297. The molecule has 2 aromatic carbocycles. The molecule has 0 bridgehead atoms. The predicted molar refractivity (Wildman–Crippen MR) is 104 cm³/mol. The van der Waals surface area contributed by atoms with Crippen LogP contribution < -0.4 is 4.18 Å². The van der Waals surface area contributed by atoms with E-state index in [1.807, 2.05) is 30.3 Å². The van der Waals surface area contributed by atoms with Gasteiger partial charge in [-0.1, -0.05) is 56.3 Å². The van der Waals surface area contributed by atoms with Crippen molar-refractivity contribution in [1.29, 1.82) is 0 Å². The van der Waals surface area contributed by atoms with Gasteiger partial charge in [-0.25, -0.2) is 8.42 Å². The molecule has 0 saturated carbocycles. The first-order chi connectivity index (χ1) is 12.0. The Morgan fingerprint density at radius 2 is 1.35 bits per heavy atom. The Hall–Kier alpha value is -1.86. The highest BCUT2D eigenvalue weighted by Crippen LogP contribution is 2.32. The zero-order valence-electron chi connectivity index (χ0n) is 15.2. The van der Waals surface area contributed by atoms with Crippen molar-refractivity contribution in [3.8, 4) is 5.75 Å². The molecule has 0 saturated heterocycles. The molecule has 0 unspecified atom stereocenters. The van der Waals surface area contributed by atoms with Gasteiger partial charge in [-0.15, -0.1) is 0 Å². The first-order valence-corrected chi connectivity index (χ1v) is 11.9. The zero-order valence-corrected chi connectivity index (χ0v) is 16.8. The van der Waals surface area contributed by atoms with Crippen molar-refractivity contribution in [3.05, 3.63) is 65.7 Å². The maximum Gasteiger partial charge on any atom is 0.309 e. The fraction of sp³-hybridized carbons (Fsp3) is 0.368. The molecule has 2 aromatic rings. The molecule has 0 aliphatic heterocycles. The normalized spacial score (nSPS) is 12.7. The molecule has 26 heavy (non-hydrogen) atoms. The molecule has 0 aromatic heterocycles. The zero-order chi connectivity index (χ0) is 19.4. The largest absolute Gasteiger partial charge is 0.382 e. The number of benzene rings is 2. The van der Waals surface area contributed by atoms with Crippen LogP contribution >= 0.6 is 0 Å². The molecule has 2 rings (SSSR count). The molecule has 0 aliphatic carbocycles. The quantitative estimate of drug-likeness (QED) is 0.641. The van der Waals surface area contributed by atoms with Gasteiger partial charge in [0, 0.05) is 11.7 Å². The fourth-order valence-corrected chi connectivity index (χ4v) is 4.47. The van der Waals surface area contributed by atoms with E-state index in [9.17, 15) is 16.8 Å².